The summed E-state index contributed by atoms with van der Waals surface area (Å²) in [6.07, 6.45) is 2.73. The van der Waals surface area contributed by atoms with Crippen molar-refractivity contribution in [3.8, 4) is 0 Å². The third kappa shape index (κ3) is 1.82. The van der Waals surface area contributed by atoms with E-state index in [0.29, 0.717) is 37.3 Å². The highest BCUT2D eigenvalue weighted by molar-refractivity contribution is 5.80. The monoisotopic (exact) mass is 199 g/mol. The molecule has 2 fully saturated rings. The van der Waals surface area contributed by atoms with E-state index < -0.39 is 6.10 Å². The third-order valence-electron chi connectivity index (χ3n) is 3.33. The van der Waals surface area contributed by atoms with Crippen molar-refractivity contribution < 1.29 is 15.0 Å². The van der Waals surface area contributed by atoms with Crippen molar-refractivity contribution in [1.29, 1.82) is 0 Å². The summed E-state index contributed by atoms with van der Waals surface area (Å²) in [6, 6.07) is 0.643. The van der Waals surface area contributed by atoms with Crippen LogP contribution < -0.4 is 0 Å². The van der Waals surface area contributed by atoms with Crippen molar-refractivity contribution in [2.45, 2.75) is 43.9 Å². The van der Waals surface area contributed by atoms with Gasteiger partial charge in [-0.1, -0.05) is 0 Å². The summed E-state index contributed by atoms with van der Waals surface area (Å²) in [7, 11) is 0. The Labute approximate surface area is 83.5 Å². The highest BCUT2D eigenvalue weighted by Gasteiger charge is 2.40. The molecule has 14 heavy (non-hydrogen) atoms. The maximum Gasteiger partial charge on any atom is 0.136 e. The van der Waals surface area contributed by atoms with Gasteiger partial charge in [0.05, 0.1) is 12.7 Å². The Hall–Kier alpha value is -0.450. The average Bonchev–Trinajstić information content (AvgIpc) is 2.41. The number of fused-ring (bicyclic) bond motifs is 2. The number of carbonyl (C=O) groups is 1. The normalized spacial score (nSPS) is 34.9. The van der Waals surface area contributed by atoms with Gasteiger partial charge in [0, 0.05) is 31.5 Å². The molecule has 2 bridgehead atoms. The van der Waals surface area contributed by atoms with Crippen LogP contribution >= 0.6 is 0 Å². The first-order valence-corrected chi connectivity index (χ1v) is 5.27. The predicted molar refractivity (Wildman–Crippen MR) is 50.8 cm³/mol. The van der Waals surface area contributed by atoms with Crippen molar-refractivity contribution in [2.24, 2.45) is 0 Å². The van der Waals surface area contributed by atoms with Gasteiger partial charge in [-0.05, 0) is 12.8 Å². The summed E-state index contributed by atoms with van der Waals surface area (Å²) >= 11 is 0. The summed E-state index contributed by atoms with van der Waals surface area (Å²) in [5, 5.41) is 18.1. The van der Waals surface area contributed by atoms with Gasteiger partial charge in [0.1, 0.15) is 5.78 Å². The van der Waals surface area contributed by atoms with Gasteiger partial charge in [0.2, 0.25) is 0 Å². The fourth-order valence-electron chi connectivity index (χ4n) is 2.66. The number of aliphatic hydroxyl groups is 2. The van der Waals surface area contributed by atoms with E-state index in [9.17, 15) is 9.90 Å². The molecule has 2 saturated heterocycles. The van der Waals surface area contributed by atoms with Crippen LogP contribution in [-0.4, -0.2) is 52.2 Å². The van der Waals surface area contributed by atoms with Gasteiger partial charge in [0.15, 0.2) is 0 Å². The minimum absolute atomic E-state index is 0.191. The number of Topliss-reactive ketones (excluding diaryl/α,β-unsaturated/α-hetero) is 1. The SMILES string of the molecule is O=C1CC2CCC(C1)N2CC(O)CO. The fourth-order valence-corrected chi connectivity index (χ4v) is 2.66. The quantitative estimate of drug-likeness (QED) is 0.645. The van der Waals surface area contributed by atoms with Gasteiger partial charge in [0.25, 0.3) is 0 Å². The minimum Gasteiger partial charge on any atom is -0.394 e. The molecular weight excluding hydrogens is 182 g/mol. The number of aliphatic hydroxyl groups excluding tert-OH is 2. The standard InChI is InChI=1S/C10H17NO3/c12-6-10(14)5-11-7-1-2-8(11)4-9(13)3-7/h7-8,10,12,14H,1-6H2. The van der Waals surface area contributed by atoms with Crippen LogP contribution in [0.5, 0.6) is 0 Å². The van der Waals surface area contributed by atoms with Gasteiger partial charge >= 0.3 is 0 Å². The molecule has 2 N–H and O–H groups in total. The minimum atomic E-state index is -0.661. The lowest BCUT2D eigenvalue weighted by molar-refractivity contribution is -0.124. The van der Waals surface area contributed by atoms with Crippen LogP contribution in [0, 0.1) is 0 Å². The van der Waals surface area contributed by atoms with Crippen molar-refractivity contribution >= 4 is 5.78 Å². The van der Waals surface area contributed by atoms with Crippen molar-refractivity contribution in [1.82, 2.24) is 4.90 Å². The molecule has 4 heteroatoms. The van der Waals surface area contributed by atoms with E-state index in [-0.39, 0.29) is 6.61 Å². The van der Waals surface area contributed by atoms with Crippen LogP contribution in [0.4, 0.5) is 0 Å². The molecule has 0 aliphatic carbocycles. The van der Waals surface area contributed by atoms with Gasteiger partial charge in [-0.15, -0.1) is 0 Å². The Morgan fingerprint density at radius 1 is 1.36 bits per heavy atom. The first-order chi connectivity index (χ1) is 6.70. The highest BCUT2D eigenvalue weighted by Crippen LogP contribution is 2.33. The Balaban J connectivity index is 1.97. The Morgan fingerprint density at radius 2 is 1.93 bits per heavy atom. The average molecular weight is 199 g/mol. The summed E-state index contributed by atoms with van der Waals surface area (Å²) in [5.74, 6) is 0.354. The molecule has 0 amide bonds. The molecule has 4 nitrogen and oxygen atoms in total. The highest BCUT2D eigenvalue weighted by atomic mass is 16.3. The van der Waals surface area contributed by atoms with Crippen molar-refractivity contribution in [3.05, 3.63) is 0 Å². The molecule has 2 rings (SSSR count). The summed E-state index contributed by atoms with van der Waals surface area (Å²) in [4.78, 5) is 13.5. The zero-order valence-corrected chi connectivity index (χ0v) is 8.22. The summed E-state index contributed by atoms with van der Waals surface area (Å²) in [6.45, 7) is 0.322. The molecule has 0 spiro atoms. The van der Waals surface area contributed by atoms with E-state index in [2.05, 4.69) is 4.90 Å². The maximum atomic E-state index is 11.3. The second kappa shape index (κ2) is 3.96. The third-order valence-corrected chi connectivity index (χ3v) is 3.33. The van der Waals surface area contributed by atoms with Gasteiger partial charge in [-0.2, -0.15) is 0 Å². The van der Waals surface area contributed by atoms with E-state index in [1.807, 2.05) is 0 Å². The zero-order valence-electron chi connectivity index (χ0n) is 8.22. The first kappa shape index (κ1) is 10.1. The van der Waals surface area contributed by atoms with Gasteiger partial charge in [-0.25, -0.2) is 0 Å². The number of ketones is 1. The number of rotatable bonds is 3. The lowest BCUT2D eigenvalue weighted by atomic mass is 10.0. The molecular formula is C10H17NO3. The maximum absolute atomic E-state index is 11.3. The van der Waals surface area contributed by atoms with E-state index in [0.717, 1.165) is 12.8 Å². The molecule has 2 heterocycles. The van der Waals surface area contributed by atoms with Gasteiger partial charge < -0.3 is 10.2 Å². The Kier molecular flexibility index (Phi) is 2.85. The first-order valence-electron chi connectivity index (χ1n) is 5.27. The molecule has 2 aliphatic rings. The summed E-state index contributed by atoms with van der Waals surface area (Å²) < 4.78 is 0. The number of hydrogen-bond donors (Lipinski definition) is 2. The van der Waals surface area contributed by atoms with Gasteiger partial charge in [-0.3, -0.25) is 9.69 Å². The van der Waals surface area contributed by atoms with E-state index in [1.54, 1.807) is 0 Å². The predicted octanol–water partition coefficient (Wildman–Crippen LogP) is -0.464. The largest absolute Gasteiger partial charge is 0.394 e. The number of piperidine rings is 1. The van der Waals surface area contributed by atoms with Crippen LogP contribution in [-0.2, 0) is 4.79 Å². The van der Waals surface area contributed by atoms with Crippen LogP contribution in [0.15, 0.2) is 0 Å². The molecule has 0 radical (unpaired) electrons. The van der Waals surface area contributed by atoms with E-state index in [4.69, 9.17) is 5.11 Å². The molecule has 3 unspecified atom stereocenters. The smallest absolute Gasteiger partial charge is 0.136 e. The second-order valence-corrected chi connectivity index (χ2v) is 4.37. The van der Waals surface area contributed by atoms with Crippen LogP contribution in [0.3, 0.4) is 0 Å². The molecule has 2 aliphatic heterocycles. The molecule has 0 aromatic heterocycles. The lowest BCUT2D eigenvalue weighted by Gasteiger charge is -2.34. The molecule has 0 aromatic carbocycles. The number of hydrogen-bond acceptors (Lipinski definition) is 4. The number of carbonyl (C=O) groups excluding carboxylic acids is 1. The molecule has 0 aromatic rings. The van der Waals surface area contributed by atoms with Crippen LogP contribution in [0.25, 0.3) is 0 Å². The zero-order chi connectivity index (χ0) is 10.1. The van der Waals surface area contributed by atoms with E-state index >= 15 is 0 Å². The Morgan fingerprint density at radius 3 is 2.43 bits per heavy atom. The van der Waals surface area contributed by atoms with E-state index in [1.165, 1.54) is 0 Å². The molecule has 3 atom stereocenters. The molecule has 80 valence electrons. The summed E-state index contributed by atoms with van der Waals surface area (Å²) in [5.41, 5.74) is 0. The number of nitrogens with zero attached hydrogens (tertiary/aromatic N) is 1. The van der Waals surface area contributed by atoms with Crippen LogP contribution in [0.2, 0.25) is 0 Å². The topological polar surface area (TPSA) is 60.8 Å². The van der Waals surface area contributed by atoms with Crippen molar-refractivity contribution in [2.75, 3.05) is 13.2 Å². The lowest BCUT2D eigenvalue weighted by Crippen LogP contribution is -2.47. The fraction of sp³-hybridized carbons (Fsp3) is 0.900. The Bertz CT molecular complexity index is 215. The van der Waals surface area contributed by atoms with Crippen LogP contribution in [0.1, 0.15) is 25.7 Å². The molecule has 0 saturated carbocycles. The second-order valence-electron chi connectivity index (χ2n) is 4.37. The van der Waals surface area contributed by atoms with Crippen molar-refractivity contribution in [3.63, 3.8) is 0 Å².